The van der Waals surface area contributed by atoms with E-state index in [-0.39, 0.29) is 0 Å². The fourth-order valence-electron chi connectivity index (χ4n) is 2.73. The van der Waals surface area contributed by atoms with Crippen LogP contribution in [0.5, 0.6) is 0 Å². The van der Waals surface area contributed by atoms with Crippen molar-refractivity contribution in [2.24, 2.45) is 0 Å². The predicted octanol–water partition coefficient (Wildman–Crippen LogP) is 2.61. The normalized spacial score (nSPS) is 18.4. The largest absolute Gasteiger partial charge is 0.309 e. The van der Waals surface area contributed by atoms with Gasteiger partial charge in [0.05, 0.1) is 0 Å². The van der Waals surface area contributed by atoms with Crippen LogP contribution in [0.15, 0.2) is 24.5 Å². The molecule has 1 aliphatic carbocycles. The lowest BCUT2D eigenvalue weighted by atomic mass is 10.1. The third-order valence-corrected chi connectivity index (χ3v) is 4.05. The molecule has 1 N–H and O–H groups in total. The van der Waals surface area contributed by atoms with Gasteiger partial charge in [0.25, 0.3) is 0 Å². The summed E-state index contributed by atoms with van der Waals surface area (Å²) in [6.07, 6.45) is 9.36. The molecule has 0 saturated heterocycles. The number of likely N-dealkylation sites (N-methyl/N-ethyl adjacent to an activating group) is 1. The minimum atomic E-state index is 0.385. The van der Waals surface area contributed by atoms with E-state index < -0.39 is 0 Å². The molecule has 1 fully saturated rings. The molecule has 100 valence electrons. The second-order valence-electron chi connectivity index (χ2n) is 5.38. The molecule has 3 nitrogen and oxygen atoms in total. The van der Waals surface area contributed by atoms with Crippen molar-refractivity contribution < 1.29 is 0 Å². The van der Waals surface area contributed by atoms with Crippen molar-refractivity contribution >= 4 is 0 Å². The number of nitrogens with one attached hydrogen (secondary N) is 1. The van der Waals surface area contributed by atoms with Crippen LogP contribution in [-0.2, 0) is 0 Å². The molecule has 0 aromatic carbocycles. The zero-order valence-electron chi connectivity index (χ0n) is 11.6. The van der Waals surface area contributed by atoms with Gasteiger partial charge < -0.3 is 10.2 Å². The van der Waals surface area contributed by atoms with Crippen LogP contribution >= 0.6 is 0 Å². The monoisotopic (exact) mass is 247 g/mol. The van der Waals surface area contributed by atoms with Gasteiger partial charge in [0.15, 0.2) is 0 Å². The van der Waals surface area contributed by atoms with Crippen LogP contribution in [0.1, 0.15) is 44.2 Å². The van der Waals surface area contributed by atoms with Crippen LogP contribution in [0, 0.1) is 0 Å². The van der Waals surface area contributed by atoms with Gasteiger partial charge in [-0.2, -0.15) is 0 Å². The van der Waals surface area contributed by atoms with Gasteiger partial charge in [-0.3, -0.25) is 4.98 Å². The Kier molecular flexibility index (Phi) is 5.14. The van der Waals surface area contributed by atoms with Crippen molar-refractivity contribution in [3.8, 4) is 0 Å². The summed E-state index contributed by atoms with van der Waals surface area (Å²) in [6, 6.07) is 5.33. The molecule has 1 saturated carbocycles. The Morgan fingerprint density at radius 1 is 1.44 bits per heavy atom. The topological polar surface area (TPSA) is 28.2 Å². The number of nitrogens with zero attached hydrogens (tertiary/aromatic N) is 2. The highest BCUT2D eigenvalue weighted by Crippen LogP contribution is 2.21. The third kappa shape index (κ3) is 3.79. The zero-order valence-corrected chi connectivity index (χ0v) is 11.6. The Morgan fingerprint density at radius 3 is 2.89 bits per heavy atom. The molecule has 0 bridgehead atoms. The fraction of sp³-hybridized carbons (Fsp3) is 0.667. The average Bonchev–Trinajstić information content (AvgIpc) is 2.93. The van der Waals surface area contributed by atoms with E-state index in [0.29, 0.717) is 6.04 Å². The van der Waals surface area contributed by atoms with Gasteiger partial charge in [0.2, 0.25) is 0 Å². The lowest BCUT2D eigenvalue weighted by Crippen LogP contribution is -2.36. The fourth-order valence-corrected chi connectivity index (χ4v) is 2.73. The van der Waals surface area contributed by atoms with Crippen molar-refractivity contribution in [2.45, 2.75) is 44.7 Å². The molecule has 1 aromatic rings. The molecule has 0 spiro atoms. The molecule has 1 atom stereocenters. The minimum Gasteiger partial charge on any atom is -0.309 e. The second-order valence-corrected chi connectivity index (χ2v) is 5.38. The van der Waals surface area contributed by atoms with Crippen LogP contribution < -0.4 is 5.32 Å². The molecule has 0 radical (unpaired) electrons. The van der Waals surface area contributed by atoms with E-state index in [1.165, 1.54) is 31.2 Å². The van der Waals surface area contributed by atoms with Crippen molar-refractivity contribution in [2.75, 3.05) is 20.1 Å². The van der Waals surface area contributed by atoms with E-state index in [9.17, 15) is 0 Å². The Morgan fingerprint density at radius 2 is 2.22 bits per heavy atom. The van der Waals surface area contributed by atoms with Gasteiger partial charge in [-0.15, -0.1) is 0 Å². The van der Waals surface area contributed by atoms with Gasteiger partial charge in [-0.25, -0.2) is 0 Å². The van der Waals surface area contributed by atoms with Crippen molar-refractivity contribution in [3.05, 3.63) is 30.1 Å². The SMILES string of the molecule is CC(NCCN(C)C1CCCC1)c1cccnc1. The summed E-state index contributed by atoms with van der Waals surface area (Å²) in [4.78, 5) is 6.67. The predicted molar refractivity (Wildman–Crippen MR) is 75.5 cm³/mol. The zero-order chi connectivity index (χ0) is 12.8. The molecule has 1 aromatic heterocycles. The summed E-state index contributed by atoms with van der Waals surface area (Å²) >= 11 is 0. The standard InChI is InChI=1S/C15H25N3/c1-13(14-6-5-9-16-12-14)17-10-11-18(2)15-7-3-4-8-15/h5-6,9,12-13,15,17H,3-4,7-8,10-11H2,1-2H3. The number of hydrogen-bond acceptors (Lipinski definition) is 3. The molecule has 2 rings (SSSR count). The maximum atomic E-state index is 4.16. The summed E-state index contributed by atoms with van der Waals surface area (Å²) in [5.41, 5.74) is 1.26. The van der Waals surface area contributed by atoms with Crippen molar-refractivity contribution in [3.63, 3.8) is 0 Å². The molecular weight excluding hydrogens is 222 g/mol. The number of hydrogen-bond donors (Lipinski definition) is 1. The number of pyridine rings is 1. The highest BCUT2D eigenvalue weighted by atomic mass is 15.1. The summed E-state index contributed by atoms with van der Waals surface area (Å²) in [7, 11) is 2.26. The van der Waals surface area contributed by atoms with Crippen LogP contribution in [0.2, 0.25) is 0 Å². The van der Waals surface area contributed by atoms with Crippen LogP contribution in [0.4, 0.5) is 0 Å². The van der Waals surface area contributed by atoms with Gasteiger partial charge in [-0.05, 0) is 38.4 Å². The first kappa shape index (κ1) is 13.5. The lowest BCUT2D eigenvalue weighted by Gasteiger charge is -2.25. The summed E-state index contributed by atoms with van der Waals surface area (Å²) in [5, 5.41) is 3.57. The van der Waals surface area contributed by atoms with Crippen molar-refractivity contribution in [1.29, 1.82) is 0 Å². The minimum absolute atomic E-state index is 0.385. The Bertz CT molecular complexity index is 333. The average molecular weight is 247 g/mol. The van der Waals surface area contributed by atoms with E-state index in [4.69, 9.17) is 0 Å². The molecule has 0 amide bonds. The first-order valence-electron chi connectivity index (χ1n) is 7.11. The molecule has 1 heterocycles. The Balaban J connectivity index is 1.68. The molecular formula is C15H25N3. The maximum absolute atomic E-state index is 4.16. The smallest absolute Gasteiger partial charge is 0.0315 e. The van der Waals surface area contributed by atoms with E-state index in [0.717, 1.165) is 19.1 Å². The highest BCUT2D eigenvalue weighted by molar-refractivity contribution is 5.12. The van der Waals surface area contributed by atoms with Crippen LogP contribution in [0.3, 0.4) is 0 Å². The van der Waals surface area contributed by atoms with E-state index in [1.807, 2.05) is 18.5 Å². The summed E-state index contributed by atoms with van der Waals surface area (Å²) < 4.78 is 0. The second kappa shape index (κ2) is 6.86. The van der Waals surface area contributed by atoms with Gasteiger partial charge in [0, 0.05) is 37.6 Å². The Labute approximate surface area is 111 Å². The number of aromatic nitrogens is 1. The van der Waals surface area contributed by atoms with E-state index in [1.54, 1.807) is 0 Å². The molecule has 1 aliphatic rings. The first-order chi connectivity index (χ1) is 8.77. The van der Waals surface area contributed by atoms with Gasteiger partial charge >= 0.3 is 0 Å². The van der Waals surface area contributed by atoms with E-state index >= 15 is 0 Å². The summed E-state index contributed by atoms with van der Waals surface area (Å²) in [6.45, 7) is 4.38. The molecule has 0 aliphatic heterocycles. The molecule has 1 unspecified atom stereocenters. The third-order valence-electron chi connectivity index (χ3n) is 4.05. The lowest BCUT2D eigenvalue weighted by molar-refractivity contribution is 0.243. The van der Waals surface area contributed by atoms with Crippen LogP contribution in [0.25, 0.3) is 0 Å². The summed E-state index contributed by atoms with van der Waals surface area (Å²) in [5.74, 6) is 0. The number of rotatable bonds is 6. The first-order valence-corrected chi connectivity index (χ1v) is 7.11. The highest BCUT2D eigenvalue weighted by Gasteiger charge is 2.18. The van der Waals surface area contributed by atoms with Crippen molar-refractivity contribution in [1.82, 2.24) is 15.2 Å². The van der Waals surface area contributed by atoms with Gasteiger partial charge in [-0.1, -0.05) is 18.9 Å². The van der Waals surface area contributed by atoms with Gasteiger partial charge in [0.1, 0.15) is 0 Å². The molecule has 18 heavy (non-hydrogen) atoms. The van der Waals surface area contributed by atoms with E-state index in [2.05, 4.69) is 35.2 Å². The molecule has 3 heteroatoms. The quantitative estimate of drug-likeness (QED) is 0.837. The van der Waals surface area contributed by atoms with Crippen LogP contribution in [-0.4, -0.2) is 36.1 Å². The maximum Gasteiger partial charge on any atom is 0.0315 e. The Hall–Kier alpha value is -0.930.